The molecule has 2 rings (SSSR count). The van der Waals surface area contributed by atoms with Gasteiger partial charge >= 0.3 is 0 Å². The van der Waals surface area contributed by atoms with E-state index in [1.165, 1.54) is 11.3 Å². The molecule has 0 amide bonds. The first-order valence-corrected chi connectivity index (χ1v) is 4.85. The summed E-state index contributed by atoms with van der Waals surface area (Å²) in [6.45, 7) is 0. The van der Waals surface area contributed by atoms with Crippen molar-refractivity contribution in [3.63, 3.8) is 0 Å². The Hall–Kier alpha value is -0.880. The fraction of sp³-hybridized carbons (Fsp3) is 0. The van der Waals surface area contributed by atoms with E-state index in [1.54, 1.807) is 17.1 Å². The lowest BCUT2D eigenvalue weighted by Crippen LogP contribution is -1.94. The van der Waals surface area contributed by atoms with E-state index in [-0.39, 0.29) is 0 Å². The Morgan fingerprint density at radius 3 is 2.92 bits per heavy atom. The summed E-state index contributed by atoms with van der Waals surface area (Å²) in [5, 5.41) is 6.75. The van der Waals surface area contributed by atoms with Crippen molar-refractivity contribution >= 4 is 33.1 Å². The van der Waals surface area contributed by atoms with E-state index in [0.717, 1.165) is 9.60 Å². The van der Waals surface area contributed by atoms with Gasteiger partial charge in [-0.15, -0.1) is 16.4 Å². The zero-order valence-electron chi connectivity index (χ0n) is 5.94. The Labute approximate surface area is 81.2 Å². The largest absolute Gasteiger partial charge is 0.381 e. The summed E-state index contributed by atoms with van der Waals surface area (Å²) in [5.41, 5.74) is 5.54. The molecule has 4 nitrogen and oxygen atoms in total. The van der Waals surface area contributed by atoms with Crippen LogP contribution < -0.4 is 5.73 Å². The first-order chi connectivity index (χ1) is 5.77. The average molecular weight is 245 g/mol. The summed E-state index contributed by atoms with van der Waals surface area (Å²) in [6.07, 6.45) is 3.51. The van der Waals surface area contributed by atoms with E-state index in [9.17, 15) is 0 Å². The maximum atomic E-state index is 5.54. The predicted octanol–water partition coefficient (Wildman–Crippen LogP) is 1.67. The molecule has 0 unspecified atom stereocenters. The van der Waals surface area contributed by atoms with Crippen molar-refractivity contribution in [2.45, 2.75) is 0 Å². The van der Waals surface area contributed by atoms with Crippen molar-refractivity contribution in [2.24, 2.45) is 0 Å². The fourth-order valence-electron chi connectivity index (χ4n) is 0.793. The molecule has 0 saturated heterocycles. The van der Waals surface area contributed by atoms with Crippen LogP contribution in [-0.4, -0.2) is 14.8 Å². The number of nitrogen functional groups attached to an aromatic ring is 1. The maximum absolute atomic E-state index is 5.54. The highest BCUT2D eigenvalue weighted by Crippen LogP contribution is 2.20. The van der Waals surface area contributed by atoms with Crippen LogP contribution in [0.5, 0.6) is 0 Å². The van der Waals surface area contributed by atoms with Crippen LogP contribution in [0.2, 0.25) is 0 Å². The Kier molecular flexibility index (Phi) is 1.86. The molecule has 0 aromatic carbocycles. The number of anilines is 1. The van der Waals surface area contributed by atoms with E-state index in [4.69, 9.17) is 5.73 Å². The number of nitrogens with two attached hydrogens (primary N) is 1. The van der Waals surface area contributed by atoms with E-state index >= 15 is 0 Å². The average Bonchev–Trinajstić information content (AvgIpc) is 2.61. The summed E-state index contributed by atoms with van der Waals surface area (Å²) >= 11 is 4.78. The highest BCUT2D eigenvalue weighted by molar-refractivity contribution is 9.10. The number of hydrogen-bond acceptors (Lipinski definition) is 4. The molecule has 6 heteroatoms. The standard InChI is InChI=1S/C6H5BrN4S/c7-4-3-11(10-5(4)8)6-9-1-2-12-6/h1-3H,(H2,8,10). The predicted molar refractivity (Wildman–Crippen MR) is 51.3 cm³/mol. The molecule has 2 aromatic heterocycles. The number of aromatic nitrogens is 3. The van der Waals surface area contributed by atoms with Gasteiger partial charge < -0.3 is 5.73 Å². The SMILES string of the molecule is Nc1nn(-c2nccs2)cc1Br. The fourth-order valence-corrected chi connectivity index (χ4v) is 1.63. The minimum absolute atomic E-state index is 0.477. The number of halogens is 1. The van der Waals surface area contributed by atoms with Crippen LogP contribution in [0.25, 0.3) is 5.13 Å². The summed E-state index contributed by atoms with van der Waals surface area (Å²) in [5.74, 6) is 0.477. The summed E-state index contributed by atoms with van der Waals surface area (Å²) in [4.78, 5) is 4.08. The molecule has 0 aliphatic rings. The Bertz CT molecular complexity index is 361. The third-order valence-electron chi connectivity index (χ3n) is 1.31. The maximum Gasteiger partial charge on any atom is 0.210 e. The molecule has 2 aromatic rings. The minimum atomic E-state index is 0.477. The van der Waals surface area contributed by atoms with Crippen molar-refractivity contribution < 1.29 is 0 Å². The lowest BCUT2D eigenvalue weighted by atomic mass is 10.7. The first-order valence-electron chi connectivity index (χ1n) is 3.18. The van der Waals surface area contributed by atoms with Crippen molar-refractivity contribution in [2.75, 3.05) is 5.73 Å². The van der Waals surface area contributed by atoms with Gasteiger partial charge in [0.2, 0.25) is 5.13 Å². The topological polar surface area (TPSA) is 56.7 Å². The highest BCUT2D eigenvalue weighted by Gasteiger charge is 2.04. The number of nitrogens with zero attached hydrogens (tertiary/aromatic N) is 3. The molecule has 0 aliphatic heterocycles. The number of hydrogen-bond donors (Lipinski definition) is 1. The smallest absolute Gasteiger partial charge is 0.210 e. The van der Waals surface area contributed by atoms with E-state index in [2.05, 4.69) is 26.0 Å². The van der Waals surface area contributed by atoms with Gasteiger partial charge in [0.05, 0.1) is 4.47 Å². The third-order valence-corrected chi connectivity index (χ3v) is 2.68. The lowest BCUT2D eigenvalue weighted by Gasteiger charge is -1.90. The van der Waals surface area contributed by atoms with Crippen molar-refractivity contribution in [3.05, 3.63) is 22.2 Å². The molecule has 12 heavy (non-hydrogen) atoms. The van der Waals surface area contributed by atoms with Crippen LogP contribution in [-0.2, 0) is 0 Å². The monoisotopic (exact) mass is 244 g/mol. The second-order valence-electron chi connectivity index (χ2n) is 2.12. The normalized spacial score (nSPS) is 10.4. The molecule has 0 atom stereocenters. The van der Waals surface area contributed by atoms with E-state index in [0.29, 0.717) is 5.82 Å². The van der Waals surface area contributed by atoms with Gasteiger partial charge in [0.25, 0.3) is 0 Å². The molecule has 0 saturated carbocycles. The van der Waals surface area contributed by atoms with Crippen molar-refractivity contribution in [1.82, 2.24) is 14.8 Å². The quantitative estimate of drug-likeness (QED) is 0.831. The molecule has 2 N–H and O–H groups in total. The highest BCUT2D eigenvalue weighted by atomic mass is 79.9. The molecule has 0 fully saturated rings. The van der Waals surface area contributed by atoms with Gasteiger partial charge in [0.15, 0.2) is 5.82 Å². The molecular weight excluding hydrogens is 240 g/mol. The zero-order chi connectivity index (χ0) is 8.55. The summed E-state index contributed by atoms with van der Waals surface area (Å²) < 4.78 is 2.43. The van der Waals surface area contributed by atoms with E-state index in [1.807, 2.05) is 5.38 Å². The second-order valence-corrected chi connectivity index (χ2v) is 3.85. The third kappa shape index (κ3) is 1.23. The van der Waals surface area contributed by atoms with Crippen molar-refractivity contribution in [3.8, 4) is 5.13 Å². The van der Waals surface area contributed by atoms with Gasteiger partial charge in [-0.25, -0.2) is 9.67 Å². The first kappa shape index (κ1) is 7.75. The molecular formula is C6H5BrN4S. The van der Waals surface area contributed by atoms with Crippen LogP contribution >= 0.6 is 27.3 Å². The molecule has 0 spiro atoms. The summed E-state index contributed by atoms with van der Waals surface area (Å²) in [7, 11) is 0. The van der Waals surface area contributed by atoms with Gasteiger partial charge in [-0.1, -0.05) is 0 Å². The van der Waals surface area contributed by atoms with Crippen LogP contribution in [0.3, 0.4) is 0 Å². The lowest BCUT2D eigenvalue weighted by molar-refractivity contribution is 0.874. The van der Waals surface area contributed by atoms with Gasteiger partial charge in [-0.3, -0.25) is 0 Å². The zero-order valence-corrected chi connectivity index (χ0v) is 8.34. The Morgan fingerprint density at radius 1 is 1.58 bits per heavy atom. The van der Waals surface area contributed by atoms with Gasteiger partial charge in [0, 0.05) is 17.8 Å². The number of thiazole rings is 1. The molecule has 62 valence electrons. The number of rotatable bonds is 1. The van der Waals surface area contributed by atoms with Gasteiger partial charge in [0.1, 0.15) is 0 Å². The van der Waals surface area contributed by atoms with Crippen LogP contribution in [0.15, 0.2) is 22.2 Å². The minimum Gasteiger partial charge on any atom is -0.381 e. The Balaban J connectivity index is 2.48. The van der Waals surface area contributed by atoms with Crippen LogP contribution in [0.1, 0.15) is 0 Å². The molecule has 0 aliphatic carbocycles. The summed E-state index contributed by atoms with van der Waals surface area (Å²) in [6, 6.07) is 0. The van der Waals surface area contributed by atoms with Crippen LogP contribution in [0.4, 0.5) is 5.82 Å². The Morgan fingerprint density at radius 2 is 2.42 bits per heavy atom. The molecule has 0 bridgehead atoms. The molecule has 2 heterocycles. The second kappa shape index (κ2) is 2.87. The van der Waals surface area contributed by atoms with Gasteiger partial charge in [-0.2, -0.15) is 0 Å². The molecule has 0 radical (unpaired) electrons. The van der Waals surface area contributed by atoms with Gasteiger partial charge in [-0.05, 0) is 15.9 Å². The van der Waals surface area contributed by atoms with E-state index < -0.39 is 0 Å². The van der Waals surface area contributed by atoms with Crippen LogP contribution in [0, 0.1) is 0 Å². The van der Waals surface area contributed by atoms with Crippen molar-refractivity contribution in [1.29, 1.82) is 0 Å².